The summed E-state index contributed by atoms with van der Waals surface area (Å²) in [6.45, 7) is 2.57. The summed E-state index contributed by atoms with van der Waals surface area (Å²) in [5.74, 6) is 0. The largest absolute Gasteiger partial charge is 0.280 e. The van der Waals surface area contributed by atoms with Crippen LogP contribution in [0.15, 0.2) is 48.5 Å². The number of benzene rings is 2. The Morgan fingerprint density at radius 2 is 1.62 bits per heavy atom. The second-order valence-corrected chi connectivity index (χ2v) is 9.08. The van der Waals surface area contributed by atoms with Crippen LogP contribution in [0.25, 0.3) is 0 Å². The van der Waals surface area contributed by atoms with Gasteiger partial charge in [0, 0.05) is 12.6 Å². The molecule has 5 heteroatoms. The maximum Gasteiger partial charge on any atom is 0.280 e. The van der Waals surface area contributed by atoms with Gasteiger partial charge in [-0.1, -0.05) is 61.4 Å². The zero-order valence-electron chi connectivity index (χ0n) is 15.2. The quantitative estimate of drug-likeness (QED) is 0.892. The predicted octanol–water partition coefficient (Wildman–Crippen LogP) is 3.72. The van der Waals surface area contributed by atoms with Gasteiger partial charge in [-0.25, -0.2) is 0 Å². The van der Waals surface area contributed by atoms with Crippen molar-refractivity contribution in [2.45, 2.75) is 51.1 Å². The van der Waals surface area contributed by atoms with Gasteiger partial charge in [-0.3, -0.25) is 0 Å². The molecule has 0 spiro atoms. The van der Waals surface area contributed by atoms with Crippen LogP contribution >= 0.6 is 0 Å². The third kappa shape index (κ3) is 3.31. The lowest BCUT2D eigenvalue weighted by atomic mass is 9.88. The van der Waals surface area contributed by atoms with Crippen LogP contribution < -0.4 is 4.72 Å². The van der Waals surface area contributed by atoms with E-state index in [-0.39, 0.29) is 12.1 Å². The van der Waals surface area contributed by atoms with Crippen LogP contribution in [0.5, 0.6) is 0 Å². The molecule has 1 heterocycles. The van der Waals surface area contributed by atoms with Crippen LogP contribution in [0.2, 0.25) is 0 Å². The van der Waals surface area contributed by atoms with E-state index in [1.807, 2.05) is 24.3 Å². The number of rotatable bonds is 4. The van der Waals surface area contributed by atoms with Gasteiger partial charge in [-0.15, -0.1) is 0 Å². The number of nitrogens with zero attached hydrogens (tertiary/aromatic N) is 1. The molecule has 0 bridgehead atoms. The zero-order chi connectivity index (χ0) is 18.1. The molecule has 2 aromatic rings. The molecular formula is C21H26N2O2S. The summed E-state index contributed by atoms with van der Waals surface area (Å²) in [5, 5.41) is 0. The fourth-order valence-electron chi connectivity index (χ4n) is 4.34. The highest BCUT2D eigenvalue weighted by Crippen LogP contribution is 2.38. The smallest absolute Gasteiger partial charge is 0.199 e. The van der Waals surface area contributed by atoms with Crippen LogP contribution in [0.1, 0.15) is 54.0 Å². The summed E-state index contributed by atoms with van der Waals surface area (Å²) in [6, 6.07) is 16.2. The molecule has 1 atom stereocenters. The summed E-state index contributed by atoms with van der Waals surface area (Å²) >= 11 is 0. The van der Waals surface area contributed by atoms with Gasteiger partial charge >= 0.3 is 0 Å². The second kappa shape index (κ2) is 7.14. The lowest BCUT2D eigenvalue weighted by Gasteiger charge is -2.37. The van der Waals surface area contributed by atoms with Gasteiger partial charge < -0.3 is 0 Å². The molecule has 1 unspecified atom stereocenters. The third-order valence-electron chi connectivity index (χ3n) is 5.70. The highest BCUT2D eigenvalue weighted by molar-refractivity contribution is 7.87. The monoisotopic (exact) mass is 370 g/mol. The van der Waals surface area contributed by atoms with Crippen molar-refractivity contribution in [3.05, 3.63) is 70.8 Å². The SMILES string of the molecule is Cc1ccccc1C1c2ccccc2CCN1S(=O)(=O)NC1CCCC1. The van der Waals surface area contributed by atoms with Gasteiger partial charge in [-0.05, 0) is 48.4 Å². The van der Waals surface area contributed by atoms with Crippen molar-refractivity contribution in [2.75, 3.05) is 6.54 Å². The average Bonchev–Trinajstić information content (AvgIpc) is 3.13. The Labute approximate surface area is 156 Å². The minimum atomic E-state index is -3.54. The maximum atomic E-state index is 13.3. The summed E-state index contributed by atoms with van der Waals surface area (Å²) < 4.78 is 31.2. The first-order valence-electron chi connectivity index (χ1n) is 9.49. The van der Waals surface area contributed by atoms with Crippen molar-refractivity contribution < 1.29 is 8.42 Å². The van der Waals surface area contributed by atoms with Crippen LogP contribution in [0.4, 0.5) is 0 Å². The Morgan fingerprint density at radius 3 is 2.35 bits per heavy atom. The molecule has 26 heavy (non-hydrogen) atoms. The second-order valence-electron chi connectivity index (χ2n) is 7.42. The van der Waals surface area contributed by atoms with Crippen molar-refractivity contribution >= 4 is 10.2 Å². The highest BCUT2D eigenvalue weighted by Gasteiger charge is 2.38. The van der Waals surface area contributed by atoms with Crippen molar-refractivity contribution in [3.8, 4) is 0 Å². The summed E-state index contributed by atoms with van der Waals surface area (Å²) in [4.78, 5) is 0. The van der Waals surface area contributed by atoms with Gasteiger partial charge in [-0.2, -0.15) is 17.4 Å². The summed E-state index contributed by atoms with van der Waals surface area (Å²) in [6.07, 6.45) is 4.86. The molecule has 4 nitrogen and oxygen atoms in total. The lowest BCUT2D eigenvalue weighted by molar-refractivity contribution is 0.334. The Bertz CT molecular complexity index is 888. The van der Waals surface area contributed by atoms with E-state index in [1.165, 1.54) is 5.56 Å². The average molecular weight is 371 g/mol. The van der Waals surface area contributed by atoms with Gasteiger partial charge in [0.2, 0.25) is 0 Å². The van der Waals surface area contributed by atoms with E-state index in [4.69, 9.17) is 0 Å². The highest BCUT2D eigenvalue weighted by atomic mass is 32.2. The topological polar surface area (TPSA) is 49.4 Å². The molecule has 1 aliphatic carbocycles. The molecular weight excluding hydrogens is 344 g/mol. The fourth-order valence-corrected chi connectivity index (χ4v) is 5.97. The molecule has 0 amide bonds. The number of hydrogen-bond acceptors (Lipinski definition) is 2. The van der Waals surface area contributed by atoms with Gasteiger partial charge in [0.1, 0.15) is 0 Å². The molecule has 138 valence electrons. The van der Waals surface area contributed by atoms with Crippen LogP contribution in [0, 0.1) is 6.92 Å². The van der Waals surface area contributed by atoms with Crippen molar-refractivity contribution in [1.82, 2.24) is 9.03 Å². The van der Waals surface area contributed by atoms with E-state index in [0.717, 1.165) is 48.8 Å². The molecule has 0 saturated heterocycles. The first-order valence-corrected chi connectivity index (χ1v) is 10.9. The summed E-state index contributed by atoms with van der Waals surface area (Å²) in [7, 11) is -3.54. The Morgan fingerprint density at radius 1 is 0.962 bits per heavy atom. The normalized spacial score (nSPS) is 21.7. The van der Waals surface area contributed by atoms with Gasteiger partial charge in [0.15, 0.2) is 0 Å². The van der Waals surface area contributed by atoms with Crippen LogP contribution in [0.3, 0.4) is 0 Å². The third-order valence-corrected chi connectivity index (χ3v) is 7.34. The predicted molar refractivity (Wildman–Crippen MR) is 104 cm³/mol. The zero-order valence-corrected chi connectivity index (χ0v) is 16.0. The maximum absolute atomic E-state index is 13.3. The number of aryl methyl sites for hydroxylation is 1. The molecule has 2 aliphatic rings. The molecule has 1 aliphatic heterocycles. The van der Waals surface area contributed by atoms with Crippen LogP contribution in [-0.4, -0.2) is 25.3 Å². The fraction of sp³-hybridized carbons (Fsp3) is 0.429. The van der Waals surface area contributed by atoms with E-state index in [2.05, 4.69) is 35.9 Å². The van der Waals surface area contributed by atoms with Crippen molar-refractivity contribution in [1.29, 1.82) is 0 Å². The Hall–Kier alpha value is -1.69. The van der Waals surface area contributed by atoms with E-state index < -0.39 is 10.2 Å². The number of nitrogens with one attached hydrogen (secondary N) is 1. The molecule has 1 N–H and O–H groups in total. The van der Waals surface area contributed by atoms with Crippen molar-refractivity contribution in [2.24, 2.45) is 0 Å². The summed E-state index contributed by atoms with van der Waals surface area (Å²) in [5.41, 5.74) is 4.53. The molecule has 4 rings (SSSR count). The van der Waals surface area contributed by atoms with Crippen molar-refractivity contribution in [3.63, 3.8) is 0 Å². The van der Waals surface area contributed by atoms with E-state index in [1.54, 1.807) is 4.31 Å². The van der Waals surface area contributed by atoms with Gasteiger partial charge in [0.05, 0.1) is 6.04 Å². The van der Waals surface area contributed by atoms with E-state index in [0.29, 0.717) is 6.54 Å². The molecule has 1 saturated carbocycles. The molecule has 0 radical (unpaired) electrons. The van der Waals surface area contributed by atoms with Gasteiger partial charge in [0.25, 0.3) is 10.2 Å². The standard InChI is InChI=1S/C21H26N2O2S/c1-16-8-2-6-12-19(16)21-20-13-7-3-9-17(20)14-15-23(21)26(24,25)22-18-10-4-5-11-18/h2-3,6-9,12-13,18,21-22H,4-5,10-11,14-15H2,1H3. The molecule has 0 aromatic heterocycles. The van der Waals surface area contributed by atoms with E-state index >= 15 is 0 Å². The van der Waals surface area contributed by atoms with Crippen LogP contribution in [-0.2, 0) is 16.6 Å². The minimum Gasteiger partial charge on any atom is -0.199 e. The number of fused-ring (bicyclic) bond motifs is 1. The lowest BCUT2D eigenvalue weighted by Crippen LogP contribution is -2.49. The first-order chi connectivity index (χ1) is 12.6. The molecule has 1 fully saturated rings. The number of hydrogen-bond donors (Lipinski definition) is 1. The van der Waals surface area contributed by atoms with E-state index in [9.17, 15) is 8.42 Å². The Balaban J connectivity index is 1.77. The molecule has 2 aromatic carbocycles. The first kappa shape index (κ1) is 17.7. The minimum absolute atomic E-state index is 0.0784. The Kier molecular flexibility index (Phi) is 4.86.